The van der Waals surface area contributed by atoms with Crippen LogP contribution in [0.5, 0.6) is 0 Å². The predicted octanol–water partition coefficient (Wildman–Crippen LogP) is 1.81. The van der Waals surface area contributed by atoms with Gasteiger partial charge >= 0.3 is 0 Å². The number of aromatic nitrogens is 2. The van der Waals surface area contributed by atoms with Crippen molar-refractivity contribution in [1.29, 1.82) is 0 Å². The molecule has 0 unspecified atom stereocenters. The summed E-state index contributed by atoms with van der Waals surface area (Å²) in [6.07, 6.45) is 1.98. The summed E-state index contributed by atoms with van der Waals surface area (Å²) in [7, 11) is 0. The molecule has 0 saturated carbocycles. The third kappa shape index (κ3) is 2.11. The van der Waals surface area contributed by atoms with Crippen LogP contribution in [0.4, 0.5) is 0 Å². The van der Waals surface area contributed by atoms with E-state index in [1.54, 1.807) is 0 Å². The summed E-state index contributed by atoms with van der Waals surface area (Å²) in [5, 5.41) is 7.83. The van der Waals surface area contributed by atoms with Crippen molar-refractivity contribution >= 4 is 5.70 Å². The van der Waals surface area contributed by atoms with Crippen molar-refractivity contribution in [2.75, 3.05) is 13.2 Å². The van der Waals surface area contributed by atoms with Gasteiger partial charge in [-0.3, -0.25) is 4.68 Å². The fourth-order valence-electron chi connectivity index (χ4n) is 1.70. The fraction of sp³-hybridized carbons (Fsp3) is 0.583. The number of hydrogen-bond donors (Lipinski definition) is 1. The molecule has 2 heterocycles. The largest absolute Gasteiger partial charge is 0.376 e. The number of rotatable bonds is 4. The first-order chi connectivity index (χ1) is 7.50. The van der Waals surface area contributed by atoms with Crippen molar-refractivity contribution in [3.05, 3.63) is 24.5 Å². The molecule has 0 aromatic carbocycles. The molecule has 1 N–H and O–H groups in total. The van der Waals surface area contributed by atoms with Gasteiger partial charge in [0.25, 0.3) is 0 Å². The van der Waals surface area contributed by atoms with E-state index in [1.165, 1.54) is 0 Å². The minimum Gasteiger partial charge on any atom is -0.376 e. The molecule has 2 rings (SSSR count). The lowest BCUT2D eigenvalue weighted by Crippen LogP contribution is -2.57. The van der Waals surface area contributed by atoms with Gasteiger partial charge in [-0.25, -0.2) is 0 Å². The Labute approximate surface area is 96.3 Å². The number of ether oxygens (including phenoxy) is 1. The van der Waals surface area contributed by atoms with Crippen LogP contribution in [0, 0.1) is 0 Å². The lowest BCUT2D eigenvalue weighted by Gasteiger charge is -2.39. The van der Waals surface area contributed by atoms with Gasteiger partial charge < -0.3 is 10.1 Å². The number of nitrogens with zero attached hydrogens (tertiary/aromatic N) is 2. The summed E-state index contributed by atoms with van der Waals surface area (Å²) in [5.74, 6) is 0. The van der Waals surface area contributed by atoms with Crippen molar-refractivity contribution < 1.29 is 4.74 Å². The molecule has 0 atom stereocenters. The molecule has 16 heavy (non-hydrogen) atoms. The maximum Gasteiger partial charge on any atom is 0.108 e. The highest BCUT2D eigenvalue weighted by Crippen LogP contribution is 2.20. The summed E-state index contributed by atoms with van der Waals surface area (Å²) in [5.41, 5.74) is 1.80. The summed E-state index contributed by atoms with van der Waals surface area (Å²) in [4.78, 5) is 0. The molecule has 4 nitrogen and oxygen atoms in total. The van der Waals surface area contributed by atoms with E-state index < -0.39 is 0 Å². The molecule has 0 bridgehead atoms. The molecule has 1 aromatic rings. The van der Waals surface area contributed by atoms with Crippen LogP contribution < -0.4 is 5.32 Å². The van der Waals surface area contributed by atoms with E-state index >= 15 is 0 Å². The Kier molecular flexibility index (Phi) is 2.76. The second kappa shape index (κ2) is 3.94. The molecular formula is C12H19N3O. The van der Waals surface area contributed by atoms with E-state index in [-0.39, 0.29) is 5.54 Å². The van der Waals surface area contributed by atoms with Crippen molar-refractivity contribution in [2.45, 2.75) is 32.4 Å². The monoisotopic (exact) mass is 221 g/mol. The summed E-state index contributed by atoms with van der Waals surface area (Å²) in [6, 6.07) is 2.36. The van der Waals surface area contributed by atoms with E-state index in [1.807, 2.05) is 16.9 Å². The van der Waals surface area contributed by atoms with Crippen LogP contribution in [0.25, 0.3) is 5.70 Å². The first-order valence-corrected chi connectivity index (χ1v) is 5.60. The SMILES string of the molecule is C=C(NC1(C)COC1)c1ccn(C(C)C)n1. The first-order valence-electron chi connectivity index (χ1n) is 5.60. The molecule has 4 heteroatoms. The third-order valence-corrected chi connectivity index (χ3v) is 2.74. The average molecular weight is 221 g/mol. The zero-order valence-corrected chi connectivity index (χ0v) is 10.2. The third-order valence-electron chi connectivity index (χ3n) is 2.74. The van der Waals surface area contributed by atoms with E-state index in [4.69, 9.17) is 4.74 Å². The van der Waals surface area contributed by atoms with Gasteiger partial charge in [-0.15, -0.1) is 0 Å². The summed E-state index contributed by atoms with van der Waals surface area (Å²) < 4.78 is 7.12. The highest BCUT2D eigenvalue weighted by atomic mass is 16.5. The molecule has 1 aliphatic heterocycles. The molecule has 1 aliphatic rings. The average Bonchev–Trinajstić information content (AvgIpc) is 2.64. The quantitative estimate of drug-likeness (QED) is 0.843. The number of nitrogens with one attached hydrogen (secondary N) is 1. The van der Waals surface area contributed by atoms with Crippen molar-refractivity contribution in [3.63, 3.8) is 0 Å². The van der Waals surface area contributed by atoms with Gasteiger partial charge in [0.05, 0.1) is 24.4 Å². The summed E-state index contributed by atoms with van der Waals surface area (Å²) in [6.45, 7) is 11.8. The topological polar surface area (TPSA) is 39.1 Å². The Morgan fingerprint density at radius 2 is 2.31 bits per heavy atom. The van der Waals surface area contributed by atoms with Gasteiger partial charge in [0.2, 0.25) is 0 Å². The number of hydrogen-bond acceptors (Lipinski definition) is 3. The van der Waals surface area contributed by atoms with Gasteiger partial charge in [-0.2, -0.15) is 5.10 Å². The van der Waals surface area contributed by atoms with E-state index in [2.05, 4.69) is 37.8 Å². The minimum absolute atomic E-state index is 0.0265. The van der Waals surface area contributed by atoms with E-state index in [0.29, 0.717) is 6.04 Å². The standard InChI is InChI=1S/C12H19N3O/c1-9(2)15-6-5-11(14-15)10(3)13-12(4)7-16-8-12/h5-6,9,13H,3,7-8H2,1-2,4H3. The Morgan fingerprint density at radius 1 is 1.62 bits per heavy atom. The van der Waals surface area contributed by atoms with Crippen molar-refractivity contribution in [1.82, 2.24) is 15.1 Å². The Morgan fingerprint density at radius 3 is 2.75 bits per heavy atom. The Balaban J connectivity index is 2.03. The summed E-state index contributed by atoms with van der Waals surface area (Å²) >= 11 is 0. The van der Waals surface area contributed by atoms with Crippen LogP contribution in [-0.2, 0) is 4.74 Å². The van der Waals surface area contributed by atoms with Gasteiger partial charge in [0.15, 0.2) is 0 Å². The second-order valence-electron chi connectivity index (χ2n) is 4.93. The maximum atomic E-state index is 5.19. The normalized spacial score (nSPS) is 18.2. The van der Waals surface area contributed by atoms with Crippen molar-refractivity contribution in [3.8, 4) is 0 Å². The smallest absolute Gasteiger partial charge is 0.108 e. The molecule has 1 saturated heterocycles. The highest BCUT2D eigenvalue weighted by Gasteiger charge is 2.33. The maximum absolute atomic E-state index is 5.19. The van der Waals surface area contributed by atoms with Crippen LogP contribution in [0.2, 0.25) is 0 Å². The zero-order valence-electron chi connectivity index (χ0n) is 10.2. The van der Waals surface area contributed by atoms with Crippen molar-refractivity contribution in [2.24, 2.45) is 0 Å². The molecule has 88 valence electrons. The lowest BCUT2D eigenvalue weighted by atomic mass is 10.00. The van der Waals surface area contributed by atoms with Gasteiger partial charge in [0, 0.05) is 12.2 Å². The highest BCUT2D eigenvalue weighted by molar-refractivity contribution is 5.58. The Bertz CT molecular complexity index is 391. The lowest BCUT2D eigenvalue weighted by molar-refractivity contribution is -0.0558. The van der Waals surface area contributed by atoms with Crippen LogP contribution in [0.3, 0.4) is 0 Å². The van der Waals surface area contributed by atoms with Gasteiger partial charge in [-0.1, -0.05) is 6.58 Å². The van der Waals surface area contributed by atoms with Gasteiger partial charge in [-0.05, 0) is 26.8 Å². The molecular weight excluding hydrogens is 202 g/mol. The Hall–Kier alpha value is -1.29. The predicted molar refractivity (Wildman–Crippen MR) is 64.0 cm³/mol. The minimum atomic E-state index is 0.0265. The van der Waals surface area contributed by atoms with Crippen LogP contribution >= 0.6 is 0 Å². The zero-order chi connectivity index (χ0) is 11.8. The molecule has 0 aliphatic carbocycles. The van der Waals surface area contributed by atoms with E-state index in [9.17, 15) is 0 Å². The first kappa shape index (κ1) is 11.2. The molecule has 1 aromatic heterocycles. The molecule has 0 amide bonds. The van der Waals surface area contributed by atoms with Crippen LogP contribution in [0.1, 0.15) is 32.5 Å². The molecule has 1 fully saturated rings. The molecule has 0 spiro atoms. The molecule has 0 radical (unpaired) electrons. The van der Waals surface area contributed by atoms with Crippen LogP contribution in [-0.4, -0.2) is 28.5 Å². The van der Waals surface area contributed by atoms with E-state index in [0.717, 1.165) is 24.6 Å². The van der Waals surface area contributed by atoms with Crippen LogP contribution in [0.15, 0.2) is 18.8 Å². The van der Waals surface area contributed by atoms with Gasteiger partial charge in [0.1, 0.15) is 5.69 Å². The second-order valence-corrected chi connectivity index (χ2v) is 4.93. The fourth-order valence-corrected chi connectivity index (χ4v) is 1.70.